The zero-order valence-corrected chi connectivity index (χ0v) is 19.0. The van der Waals surface area contributed by atoms with E-state index < -0.39 is 0 Å². The minimum Gasteiger partial charge on any atom is -0.325 e. The van der Waals surface area contributed by atoms with Gasteiger partial charge in [-0.05, 0) is 46.0 Å². The molecule has 33 heavy (non-hydrogen) atoms. The molecule has 0 bridgehead atoms. The smallest absolute Gasteiger partial charge is 0.163 e. The topological polar surface area (TPSA) is 89.4 Å². The summed E-state index contributed by atoms with van der Waals surface area (Å²) in [5, 5.41) is 4.57. The summed E-state index contributed by atoms with van der Waals surface area (Å²) in [7, 11) is 2.13. The SMILES string of the molecule is CC(=O)c1c(C2CCN(C)CC2)nc2c(-c3ccc(-c4ccccc4)nc3)cnn2c1CN. The predicted molar refractivity (Wildman–Crippen MR) is 129 cm³/mol. The van der Waals surface area contributed by atoms with Crippen molar-refractivity contribution >= 4 is 11.4 Å². The maximum atomic E-state index is 12.7. The Labute approximate surface area is 193 Å². The fourth-order valence-electron chi connectivity index (χ4n) is 4.76. The van der Waals surface area contributed by atoms with Crippen molar-refractivity contribution in [2.24, 2.45) is 5.73 Å². The van der Waals surface area contributed by atoms with Crippen LogP contribution in [0.5, 0.6) is 0 Å². The summed E-state index contributed by atoms with van der Waals surface area (Å²) in [6.07, 6.45) is 5.60. The highest BCUT2D eigenvalue weighted by molar-refractivity contribution is 5.97. The van der Waals surface area contributed by atoms with Gasteiger partial charge < -0.3 is 10.6 Å². The number of hydrogen-bond donors (Lipinski definition) is 1. The van der Waals surface area contributed by atoms with Crippen molar-refractivity contribution in [1.29, 1.82) is 0 Å². The molecule has 168 valence electrons. The average molecular weight is 441 g/mol. The lowest BCUT2D eigenvalue weighted by Crippen LogP contribution is -2.31. The molecule has 3 aromatic heterocycles. The lowest BCUT2D eigenvalue weighted by atomic mass is 9.89. The van der Waals surface area contributed by atoms with Gasteiger partial charge in [-0.3, -0.25) is 9.78 Å². The van der Waals surface area contributed by atoms with Crippen molar-refractivity contribution in [3.63, 3.8) is 0 Å². The van der Waals surface area contributed by atoms with E-state index in [1.807, 2.05) is 48.7 Å². The number of ketones is 1. The highest BCUT2D eigenvalue weighted by atomic mass is 16.1. The minimum atomic E-state index is -0.00953. The molecule has 0 unspecified atom stereocenters. The van der Waals surface area contributed by atoms with E-state index >= 15 is 0 Å². The van der Waals surface area contributed by atoms with E-state index in [-0.39, 0.29) is 18.2 Å². The molecule has 7 heteroatoms. The largest absolute Gasteiger partial charge is 0.325 e. The third-order valence-corrected chi connectivity index (χ3v) is 6.57. The van der Waals surface area contributed by atoms with Crippen molar-refractivity contribution in [3.8, 4) is 22.4 Å². The van der Waals surface area contributed by atoms with Crippen LogP contribution in [0.15, 0.2) is 54.9 Å². The number of carbonyl (C=O) groups is 1. The second kappa shape index (κ2) is 8.84. The Hall–Kier alpha value is -3.42. The van der Waals surface area contributed by atoms with Crippen LogP contribution < -0.4 is 5.73 Å². The second-order valence-corrected chi connectivity index (χ2v) is 8.75. The van der Waals surface area contributed by atoms with Gasteiger partial charge >= 0.3 is 0 Å². The van der Waals surface area contributed by atoms with E-state index in [1.54, 1.807) is 17.6 Å². The van der Waals surface area contributed by atoms with Gasteiger partial charge in [-0.25, -0.2) is 9.50 Å². The number of nitrogens with two attached hydrogens (primary N) is 1. The number of carbonyl (C=O) groups excluding carboxylic acids is 1. The van der Waals surface area contributed by atoms with Gasteiger partial charge in [0.2, 0.25) is 0 Å². The molecule has 0 saturated carbocycles. The summed E-state index contributed by atoms with van der Waals surface area (Å²) in [6, 6.07) is 14.2. The number of benzene rings is 1. The zero-order valence-electron chi connectivity index (χ0n) is 19.0. The minimum absolute atomic E-state index is 0.00953. The third kappa shape index (κ3) is 3.94. The van der Waals surface area contributed by atoms with E-state index in [9.17, 15) is 4.79 Å². The lowest BCUT2D eigenvalue weighted by molar-refractivity contribution is 0.101. The van der Waals surface area contributed by atoms with Gasteiger partial charge in [0.15, 0.2) is 11.4 Å². The Kier molecular flexibility index (Phi) is 5.74. The lowest BCUT2D eigenvalue weighted by Gasteiger charge is -2.30. The number of likely N-dealkylation sites (tertiary alicyclic amines) is 1. The fraction of sp³-hybridized carbons (Fsp3) is 0.308. The summed E-state index contributed by atoms with van der Waals surface area (Å²) in [6.45, 7) is 3.80. The summed E-state index contributed by atoms with van der Waals surface area (Å²) in [5.41, 5.74) is 12.9. The molecule has 0 aliphatic carbocycles. The van der Waals surface area contributed by atoms with Crippen LogP contribution >= 0.6 is 0 Å². The number of nitrogens with zero attached hydrogens (tertiary/aromatic N) is 5. The van der Waals surface area contributed by atoms with Gasteiger partial charge in [-0.15, -0.1) is 0 Å². The quantitative estimate of drug-likeness (QED) is 0.473. The normalized spacial score (nSPS) is 15.2. The van der Waals surface area contributed by atoms with Gasteiger partial charge in [-0.1, -0.05) is 36.4 Å². The van der Waals surface area contributed by atoms with Crippen molar-refractivity contribution in [2.75, 3.05) is 20.1 Å². The maximum Gasteiger partial charge on any atom is 0.163 e. The Bertz CT molecular complexity index is 1290. The molecule has 0 amide bonds. The van der Waals surface area contributed by atoms with E-state index in [0.29, 0.717) is 5.56 Å². The monoisotopic (exact) mass is 440 g/mol. The predicted octanol–water partition coefficient (Wildman–Crippen LogP) is 3.93. The van der Waals surface area contributed by atoms with Crippen LogP contribution in [0.2, 0.25) is 0 Å². The molecule has 4 aromatic rings. The van der Waals surface area contributed by atoms with Crippen molar-refractivity contribution in [1.82, 2.24) is 24.5 Å². The standard InChI is InChI=1S/C26H28N6O/c1-17(33)24-23(14-27)32-26(30-25(24)19-10-12-31(2)13-11-19)21(16-29-32)20-8-9-22(28-15-20)18-6-4-3-5-7-18/h3-9,15-16,19H,10-14,27H2,1-2H3. The maximum absolute atomic E-state index is 12.7. The molecular weight excluding hydrogens is 412 g/mol. The molecule has 1 aliphatic heterocycles. The Morgan fingerprint density at radius 1 is 1.06 bits per heavy atom. The zero-order chi connectivity index (χ0) is 22.9. The Morgan fingerprint density at radius 3 is 2.45 bits per heavy atom. The highest BCUT2D eigenvalue weighted by Gasteiger charge is 2.28. The summed E-state index contributed by atoms with van der Waals surface area (Å²) in [5.74, 6) is 0.224. The van der Waals surface area contributed by atoms with E-state index in [1.165, 1.54) is 0 Å². The number of rotatable bonds is 5. The van der Waals surface area contributed by atoms with Crippen molar-refractivity contribution in [2.45, 2.75) is 32.2 Å². The number of hydrogen-bond acceptors (Lipinski definition) is 6. The summed E-state index contributed by atoms with van der Waals surface area (Å²) in [4.78, 5) is 24.7. The van der Waals surface area contributed by atoms with Gasteiger partial charge in [0.1, 0.15) is 0 Å². The molecule has 5 rings (SSSR count). The van der Waals surface area contributed by atoms with Crippen LogP contribution in [-0.2, 0) is 6.54 Å². The van der Waals surface area contributed by atoms with Crippen LogP contribution in [-0.4, -0.2) is 50.4 Å². The van der Waals surface area contributed by atoms with Gasteiger partial charge in [-0.2, -0.15) is 5.10 Å². The molecular formula is C26H28N6O. The molecule has 0 atom stereocenters. The van der Waals surface area contributed by atoms with Crippen molar-refractivity contribution in [3.05, 3.63) is 71.8 Å². The molecule has 1 aromatic carbocycles. The summed E-state index contributed by atoms with van der Waals surface area (Å²) >= 11 is 0. The second-order valence-electron chi connectivity index (χ2n) is 8.75. The highest BCUT2D eigenvalue weighted by Crippen LogP contribution is 2.33. The number of aromatic nitrogens is 4. The van der Waals surface area contributed by atoms with Gasteiger partial charge in [0, 0.05) is 35.3 Å². The molecule has 1 fully saturated rings. The van der Waals surface area contributed by atoms with Crippen LogP contribution in [0.3, 0.4) is 0 Å². The Morgan fingerprint density at radius 2 is 1.82 bits per heavy atom. The Balaban J connectivity index is 1.62. The average Bonchev–Trinajstić information content (AvgIpc) is 3.27. The molecule has 0 radical (unpaired) electrons. The molecule has 2 N–H and O–H groups in total. The first-order chi connectivity index (χ1) is 16.1. The number of fused-ring (bicyclic) bond motifs is 1. The van der Waals surface area contributed by atoms with Crippen LogP contribution in [0.4, 0.5) is 0 Å². The first kappa shape index (κ1) is 21.4. The van der Waals surface area contributed by atoms with E-state index in [0.717, 1.165) is 65.4 Å². The van der Waals surface area contributed by atoms with Crippen molar-refractivity contribution < 1.29 is 4.79 Å². The van der Waals surface area contributed by atoms with E-state index in [2.05, 4.69) is 22.0 Å². The van der Waals surface area contributed by atoms with Gasteiger partial charge in [0.05, 0.1) is 28.8 Å². The molecule has 4 heterocycles. The molecule has 7 nitrogen and oxygen atoms in total. The van der Waals surface area contributed by atoms with Crippen LogP contribution in [0.1, 0.15) is 47.4 Å². The number of piperidine rings is 1. The van der Waals surface area contributed by atoms with E-state index in [4.69, 9.17) is 10.7 Å². The molecule has 0 spiro atoms. The first-order valence-corrected chi connectivity index (χ1v) is 11.4. The third-order valence-electron chi connectivity index (χ3n) is 6.57. The first-order valence-electron chi connectivity index (χ1n) is 11.4. The number of pyridine rings is 1. The number of Topliss-reactive ketones (excluding diaryl/α,β-unsaturated/α-hetero) is 1. The van der Waals surface area contributed by atoms with Crippen LogP contribution in [0, 0.1) is 0 Å². The van der Waals surface area contributed by atoms with Crippen LogP contribution in [0.25, 0.3) is 28.0 Å². The molecule has 1 aliphatic rings. The van der Waals surface area contributed by atoms with Gasteiger partial charge in [0.25, 0.3) is 0 Å². The fourth-order valence-corrected chi connectivity index (χ4v) is 4.76. The molecule has 1 saturated heterocycles. The summed E-state index contributed by atoms with van der Waals surface area (Å²) < 4.78 is 1.73.